The van der Waals surface area contributed by atoms with Gasteiger partial charge in [-0.3, -0.25) is 0 Å². The Labute approximate surface area is 111 Å². The van der Waals surface area contributed by atoms with Gasteiger partial charge in [0.2, 0.25) is 0 Å². The quantitative estimate of drug-likeness (QED) is 0.900. The number of aromatic nitrogens is 2. The van der Waals surface area contributed by atoms with Crippen molar-refractivity contribution < 1.29 is 4.74 Å². The first kappa shape index (κ1) is 13.0. The van der Waals surface area contributed by atoms with Crippen LogP contribution in [0, 0.1) is 0 Å². The number of benzene rings is 1. The second kappa shape index (κ2) is 5.93. The van der Waals surface area contributed by atoms with E-state index >= 15 is 0 Å². The minimum Gasteiger partial charge on any atom is -0.494 e. The van der Waals surface area contributed by atoms with E-state index in [-0.39, 0.29) is 6.04 Å². The number of nitrogens with two attached hydrogens (primary N) is 1. The molecule has 1 aromatic heterocycles. The summed E-state index contributed by atoms with van der Waals surface area (Å²) in [5.74, 6) is 0.867. The van der Waals surface area contributed by atoms with Crippen LogP contribution in [0.5, 0.6) is 5.75 Å². The summed E-state index contributed by atoms with van der Waals surface area (Å²) in [4.78, 5) is 1.04. The van der Waals surface area contributed by atoms with Gasteiger partial charge in [0, 0.05) is 0 Å². The maximum Gasteiger partial charge on any atom is 0.119 e. The second-order valence-corrected chi connectivity index (χ2v) is 4.70. The number of hydrogen-bond acceptors (Lipinski definition) is 5. The van der Waals surface area contributed by atoms with Gasteiger partial charge in [0.25, 0.3) is 0 Å². The largest absolute Gasteiger partial charge is 0.494 e. The van der Waals surface area contributed by atoms with Gasteiger partial charge in [-0.25, -0.2) is 0 Å². The van der Waals surface area contributed by atoms with E-state index in [1.54, 1.807) is 0 Å². The number of nitrogens with zero attached hydrogens (tertiary/aromatic N) is 2. The van der Waals surface area contributed by atoms with Gasteiger partial charge in [0.15, 0.2) is 0 Å². The monoisotopic (exact) mass is 263 g/mol. The number of ether oxygens (including phenoxy) is 1. The van der Waals surface area contributed by atoms with Crippen molar-refractivity contribution in [2.75, 3.05) is 6.61 Å². The Morgan fingerprint density at radius 1 is 1.28 bits per heavy atom. The molecule has 1 unspecified atom stereocenters. The fourth-order valence-corrected chi connectivity index (χ4v) is 2.55. The first-order valence-electron chi connectivity index (χ1n) is 6.05. The van der Waals surface area contributed by atoms with Crippen LogP contribution in [-0.4, -0.2) is 16.2 Å². The van der Waals surface area contributed by atoms with E-state index in [1.165, 1.54) is 11.5 Å². The Hall–Kier alpha value is -1.46. The maximum absolute atomic E-state index is 6.25. The van der Waals surface area contributed by atoms with Crippen LogP contribution < -0.4 is 10.5 Å². The summed E-state index contributed by atoms with van der Waals surface area (Å²) in [7, 11) is 0. The van der Waals surface area contributed by atoms with E-state index in [0.717, 1.165) is 28.3 Å². The lowest BCUT2D eigenvalue weighted by atomic mass is 10.0. The van der Waals surface area contributed by atoms with E-state index in [1.807, 2.05) is 31.2 Å². The summed E-state index contributed by atoms with van der Waals surface area (Å²) in [6.45, 7) is 4.70. The SMILES string of the molecule is CCOc1ccc(C(N)c2snnc2CC)cc1. The molecule has 0 aliphatic heterocycles. The van der Waals surface area contributed by atoms with Crippen LogP contribution in [0.2, 0.25) is 0 Å². The molecule has 18 heavy (non-hydrogen) atoms. The molecule has 0 aliphatic rings. The van der Waals surface area contributed by atoms with Crippen molar-refractivity contribution in [2.45, 2.75) is 26.3 Å². The molecule has 0 spiro atoms. The third kappa shape index (κ3) is 2.68. The Kier molecular flexibility index (Phi) is 4.28. The molecule has 1 aromatic carbocycles. The lowest BCUT2D eigenvalue weighted by Gasteiger charge is -2.11. The molecule has 0 bridgehead atoms. The summed E-state index contributed by atoms with van der Waals surface area (Å²) in [5.41, 5.74) is 8.29. The highest BCUT2D eigenvalue weighted by Gasteiger charge is 2.16. The summed E-state index contributed by atoms with van der Waals surface area (Å²) >= 11 is 1.37. The molecule has 0 aliphatic carbocycles. The average molecular weight is 263 g/mol. The standard InChI is InChI=1S/C13H17N3OS/c1-3-11-13(18-16-15-11)12(14)9-5-7-10(8-6-9)17-4-2/h5-8,12H,3-4,14H2,1-2H3. The van der Waals surface area contributed by atoms with Crippen molar-refractivity contribution in [3.8, 4) is 5.75 Å². The maximum atomic E-state index is 6.25. The fourth-order valence-electron chi connectivity index (χ4n) is 1.79. The zero-order valence-corrected chi connectivity index (χ0v) is 11.4. The second-order valence-electron chi connectivity index (χ2n) is 3.92. The fraction of sp³-hybridized carbons (Fsp3) is 0.385. The van der Waals surface area contributed by atoms with Gasteiger partial charge < -0.3 is 10.5 Å². The average Bonchev–Trinajstić information content (AvgIpc) is 2.87. The highest BCUT2D eigenvalue weighted by molar-refractivity contribution is 7.05. The number of aryl methyl sites for hydroxylation is 1. The molecule has 2 aromatic rings. The third-order valence-corrected chi connectivity index (χ3v) is 3.60. The van der Waals surface area contributed by atoms with Crippen molar-refractivity contribution in [1.29, 1.82) is 0 Å². The predicted molar refractivity (Wildman–Crippen MR) is 72.9 cm³/mol. The van der Waals surface area contributed by atoms with Crippen LogP contribution in [0.15, 0.2) is 24.3 Å². The van der Waals surface area contributed by atoms with Crippen LogP contribution in [0.1, 0.15) is 36.0 Å². The molecule has 0 amide bonds. The molecule has 96 valence electrons. The third-order valence-electron chi connectivity index (χ3n) is 2.75. The summed E-state index contributed by atoms with van der Waals surface area (Å²) in [5, 5.41) is 4.09. The van der Waals surface area contributed by atoms with E-state index in [0.29, 0.717) is 6.61 Å². The van der Waals surface area contributed by atoms with E-state index in [4.69, 9.17) is 10.5 Å². The Morgan fingerprint density at radius 3 is 2.61 bits per heavy atom. The van der Waals surface area contributed by atoms with Crippen LogP contribution >= 0.6 is 11.5 Å². The number of rotatable bonds is 5. The first-order valence-corrected chi connectivity index (χ1v) is 6.83. The zero-order valence-electron chi connectivity index (χ0n) is 10.6. The molecule has 0 radical (unpaired) electrons. The first-order chi connectivity index (χ1) is 8.76. The Bertz CT molecular complexity index is 495. The van der Waals surface area contributed by atoms with Gasteiger partial charge in [0.1, 0.15) is 5.75 Å². The summed E-state index contributed by atoms with van der Waals surface area (Å²) in [6.07, 6.45) is 0.858. The molecule has 5 heteroatoms. The molecular weight excluding hydrogens is 246 g/mol. The van der Waals surface area contributed by atoms with Crippen molar-refractivity contribution in [1.82, 2.24) is 9.59 Å². The van der Waals surface area contributed by atoms with Crippen molar-refractivity contribution in [3.63, 3.8) is 0 Å². The van der Waals surface area contributed by atoms with Gasteiger partial charge in [0.05, 0.1) is 23.2 Å². The lowest BCUT2D eigenvalue weighted by Crippen LogP contribution is -2.12. The van der Waals surface area contributed by atoms with Crippen LogP contribution in [0.4, 0.5) is 0 Å². The minimum atomic E-state index is -0.157. The molecule has 2 rings (SSSR count). The van der Waals surface area contributed by atoms with Crippen molar-refractivity contribution in [3.05, 3.63) is 40.4 Å². The van der Waals surface area contributed by atoms with Gasteiger partial charge in [-0.2, -0.15) is 0 Å². The highest BCUT2D eigenvalue weighted by atomic mass is 32.1. The minimum absolute atomic E-state index is 0.157. The van der Waals surface area contributed by atoms with Gasteiger partial charge >= 0.3 is 0 Å². The van der Waals surface area contributed by atoms with Gasteiger partial charge in [-0.1, -0.05) is 23.5 Å². The van der Waals surface area contributed by atoms with Gasteiger partial charge in [-0.05, 0) is 42.6 Å². The lowest BCUT2D eigenvalue weighted by molar-refractivity contribution is 0.340. The Morgan fingerprint density at radius 2 is 2.00 bits per heavy atom. The smallest absolute Gasteiger partial charge is 0.119 e. The van der Waals surface area contributed by atoms with E-state index in [9.17, 15) is 0 Å². The summed E-state index contributed by atoms with van der Waals surface area (Å²) in [6, 6.07) is 7.72. The van der Waals surface area contributed by atoms with Crippen molar-refractivity contribution in [2.24, 2.45) is 5.73 Å². The molecular formula is C13H17N3OS. The highest BCUT2D eigenvalue weighted by Crippen LogP contribution is 2.26. The van der Waals surface area contributed by atoms with E-state index in [2.05, 4.69) is 16.5 Å². The predicted octanol–water partition coefficient (Wildman–Crippen LogP) is 2.55. The molecule has 0 saturated carbocycles. The van der Waals surface area contributed by atoms with Crippen LogP contribution in [0.3, 0.4) is 0 Å². The molecule has 4 nitrogen and oxygen atoms in total. The molecule has 1 atom stereocenters. The van der Waals surface area contributed by atoms with Crippen LogP contribution in [-0.2, 0) is 6.42 Å². The van der Waals surface area contributed by atoms with Crippen LogP contribution in [0.25, 0.3) is 0 Å². The molecule has 2 N–H and O–H groups in total. The molecule has 1 heterocycles. The summed E-state index contributed by atoms with van der Waals surface area (Å²) < 4.78 is 9.39. The zero-order chi connectivity index (χ0) is 13.0. The number of hydrogen-bond donors (Lipinski definition) is 1. The van der Waals surface area contributed by atoms with E-state index < -0.39 is 0 Å². The normalized spacial score (nSPS) is 12.4. The van der Waals surface area contributed by atoms with Gasteiger partial charge in [-0.15, -0.1) is 5.10 Å². The topological polar surface area (TPSA) is 61.0 Å². The van der Waals surface area contributed by atoms with Crippen molar-refractivity contribution >= 4 is 11.5 Å². The Balaban J connectivity index is 2.20. The molecule has 0 fully saturated rings. The molecule has 0 saturated heterocycles.